The Morgan fingerprint density at radius 1 is 1.54 bits per heavy atom. The van der Waals surface area contributed by atoms with E-state index in [0.29, 0.717) is 6.04 Å². The largest absolute Gasteiger partial charge is 0.378 e. The van der Waals surface area contributed by atoms with Gasteiger partial charge in [0.05, 0.1) is 6.10 Å². The first-order chi connectivity index (χ1) is 6.27. The van der Waals surface area contributed by atoms with Gasteiger partial charge in [-0.2, -0.15) is 4.91 Å². The summed E-state index contributed by atoms with van der Waals surface area (Å²) in [6.45, 7) is 4.06. The van der Waals surface area contributed by atoms with E-state index in [1.165, 1.54) is 0 Å². The number of methoxy groups -OCH3 is 1. The maximum Gasteiger partial charge on any atom is 0.109 e. The predicted octanol–water partition coefficient (Wildman–Crippen LogP) is -0.282. The molecule has 0 radical (unpaired) electrons. The third kappa shape index (κ3) is 3.02. The Bertz CT molecular complexity index is 157. The summed E-state index contributed by atoms with van der Waals surface area (Å²) in [5.41, 5.74) is 0. The third-order valence-electron chi connectivity index (χ3n) is 2.38. The molecule has 2 unspecified atom stereocenters. The second-order valence-electron chi connectivity index (χ2n) is 3.41. The molecule has 0 aromatic carbocycles. The quantitative estimate of drug-likeness (QED) is 0.594. The van der Waals surface area contributed by atoms with Crippen LogP contribution in [0.1, 0.15) is 6.92 Å². The second-order valence-corrected chi connectivity index (χ2v) is 3.41. The highest BCUT2D eigenvalue weighted by Crippen LogP contribution is 2.02. The van der Waals surface area contributed by atoms with Crippen molar-refractivity contribution >= 4 is 0 Å². The second kappa shape index (κ2) is 5.26. The summed E-state index contributed by atoms with van der Waals surface area (Å²) in [5.74, 6) is 0. The van der Waals surface area contributed by atoms with E-state index in [9.17, 15) is 4.91 Å². The average Bonchev–Trinajstić information content (AvgIpc) is 2.16. The van der Waals surface area contributed by atoms with Gasteiger partial charge in [-0.1, -0.05) is 5.18 Å². The van der Waals surface area contributed by atoms with Gasteiger partial charge in [0, 0.05) is 32.3 Å². The Labute approximate surface area is 78.2 Å². The van der Waals surface area contributed by atoms with Crippen LogP contribution in [0.2, 0.25) is 0 Å². The van der Waals surface area contributed by atoms with Crippen LogP contribution in [-0.2, 0) is 4.74 Å². The Hall–Kier alpha value is -0.520. The van der Waals surface area contributed by atoms with Gasteiger partial charge in [0.2, 0.25) is 0 Å². The van der Waals surface area contributed by atoms with Crippen molar-refractivity contribution < 1.29 is 4.74 Å². The molecule has 76 valence electrons. The minimum atomic E-state index is -0.113. The molecule has 5 heteroatoms. The molecule has 0 aliphatic carbocycles. The number of hydrogen-bond donors (Lipinski definition) is 2. The predicted molar refractivity (Wildman–Crippen MR) is 50.7 cm³/mol. The molecule has 3 atom stereocenters. The van der Waals surface area contributed by atoms with Crippen molar-refractivity contribution in [2.45, 2.75) is 25.1 Å². The first-order valence-electron chi connectivity index (χ1n) is 4.56. The van der Waals surface area contributed by atoms with Gasteiger partial charge in [0.25, 0.3) is 0 Å². The lowest BCUT2D eigenvalue weighted by Gasteiger charge is -2.32. The zero-order valence-corrected chi connectivity index (χ0v) is 8.12. The van der Waals surface area contributed by atoms with Crippen LogP contribution in [0.3, 0.4) is 0 Å². The maximum absolute atomic E-state index is 10.1. The summed E-state index contributed by atoms with van der Waals surface area (Å²) in [4.78, 5) is 10.1. The third-order valence-corrected chi connectivity index (χ3v) is 2.38. The van der Waals surface area contributed by atoms with Crippen molar-refractivity contribution in [3.05, 3.63) is 4.91 Å². The molecule has 2 N–H and O–H groups in total. The molecule has 1 aliphatic rings. The van der Waals surface area contributed by atoms with E-state index in [0.717, 1.165) is 13.1 Å². The fourth-order valence-corrected chi connectivity index (χ4v) is 1.50. The maximum atomic E-state index is 10.1. The van der Waals surface area contributed by atoms with Gasteiger partial charge in [-0.15, -0.1) is 0 Å². The topological polar surface area (TPSA) is 62.7 Å². The fourth-order valence-electron chi connectivity index (χ4n) is 1.50. The molecule has 0 bridgehead atoms. The summed E-state index contributed by atoms with van der Waals surface area (Å²) in [5, 5.41) is 9.50. The van der Waals surface area contributed by atoms with E-state index < -0.39 is 0 Å². The highest BCUT2D eigenvalue weighted by Gasteiger charge is 2.25. The summed E-state index contributed by atoms with van der Waals surface area (Å²) >= 11 is 0. The minimum Gasteiger partial charge on any atom is -0.378 e. The normalized spacial score (nSPS) is 31.2. The number of nitroso groups, excluding NO2 is 1. The van der Waals surface area contributed by atoms with Crippen molar-refractivity contribution in [3.8, 4) is 0 Å². The van der Waals surface area contributed by atoms with E-state index in [2.05, 4.69) is 22.7 Å². The average molecular weight is 187 g/mol. The Morgan fingerprint density at radius 3 is 2.77 bits per heavy atom. The van der Waals surface area contributed by atoms with Crippen molar-refractivity contribution in [1.82, 2.24) is 10.6 Å². The zero-order valence-electron chi connectivity index (χ0n) is 8.12. The van der Waals surface area contributed by atoms with Gasteiger partial charge in [-0.25, -0.2) is 0 Å². The van der Waals surface area contributed by atoms with E-state index in [-0.39, 0.29) is 18.7 Å². The number of rotatable bonds is 4. The molecule has 1 aliphatic heterocycles. The summed E-state index contributed by atoms with van der Waals surface area (Å²) < 4.78 is 5.17. The zero-order chi connectivity index (χ0) is 9.68. The monoisotopic (exact) mass is 187 g/mol. The number of piperazine rings is 1. The highest BCUT2D eigenvalue weighted by molar-refractivity contribution is 4.87. The van der Waals surface area contributed by atoms with Crippen LogP contribution in [0.5, 0.6) is 0 Å². The van der Waals surface area contributed by atoms with Crippen LogP contribution in [0, 0.1) is 4.91 Å². The van der Waals surface area contributed by atoms with Crippen LogP contribution < -0.4 is 10.6 Å². The molecular weight excluding hydrogens is 170 g/mol. The molecule has 0 saturated carbocycles. The smallest absolute Gasteiger partial charge is 0.109 e. The van der Waals surface area contributed by atoms with Gasteiger partial charge in [0.1, 0.15) is 6.54 Å². The summed E-state index contributed by atoms with van der Waals surface area (Å²) in [6, 6.07) is 0.678. The molecule has 0 spiro atoms. The van der Waals surface area contributed by atoms with Crippen molar-refractivity contribution in [2.75, 3.05) is 26.7 Å². The molecule has 5 nitrogen and oxygen atoms in total. The lowest BCUT2D eigenvalue weighted by molar-refractivity contribution is 0.0666. The van der Waals surface area contributed by atoms with Gasteiger partial charge >= 0.3 is 0 Å². The lowest BCUT2D eigenvalue weighted by Crippen LogP contribution is -2.58. The first kappa shape index (κ1) is 10.6. The standard InChI is InChI=1S/C8H17N3O2/c1-6-3-10-7(4-9-6)8(13-2)5-11-12/h6-10H,3-5H2,1-2H3/t6?,7?,8-/m1/s1. The highest BCUT2D eigenvalue weighted by atomic mass is 16.5. The van der Waals surface area contributed by atoms with Crippen molar-refractivity contribution in [2.24, 2.45) is 5.18 Å². The Morgan fingerprint density at radius 2 is 2.31 bits per heavy atom. The van der Waals surface area contributed by atoms with Crippen LogP contribution >= 0.6 is 0 Å². The minimum absolute atomic E-state index is 0.113. The van der Waals surface area contributed by atoms with Crippen LogP contribution in [0.4, 0.5) is 0 Å². The van der Waals surface area contributed by atoms with Crippen LogP contribution in [0.25, 0.3) is 0 Å². The molecule has 1 saturated heterocycles. The summed E-state index contributed by atoms with van der Waals surface area (Å²) in [6.07, 6.45) is -0.113. The molecule has 1 fully saturated rings. The molecule has 0 aromatic rings. The fraction of sp³-hybridized carbons (Fsp3) is 1.00. The van der Waals surface area contributed by atoms with E-state index >= 15 is 0 Å². The lowest BCUT2D eigenvalue weighted by atomic mass is 10.1. The van der Waals surface area contributed by atoms with Crippen molar-refractivity contribution in [1.29, 1.82) is 0 Å². The molecular formula is C8H17N3O2. The van der Waals surface area contributed by atoms with E-state index in [1.54, 1.807) is 7.11 Å². The van der Waals surface area contributed by atoms with Gasteiger partial charge in [-0.3, -0.25) is 0 Å². The van der Waals surface area contributed by atoms with E-state index in [4.69, 9.17) is 4.74 Å². The Balaban J connectivity index is 2.36. The van der Waals surface area contributed by atoms with E-state index in [1.807, 2.05) is 0 Å². The first-order valence-corrected chi connectivity index (χ1v) is 4.56. The van der Waals surface area contributed by atoms with Gasteiger partial charge in [-0.05, 0) is 6.92 Å². The molecule has 1 heterocycles. The number of nitrogens with one attached hydrogen (secondary N) is 2. The summed E-state index contributed by atoms with van der Waals surface area (Å²) in [7, 11) is 1.61. The molecule has 13 heavy (non-hydrogen) atoms. The SMILES string of the molecule is CO[C@H](CN=O)C1CNC(C)CN1. The molecule has 0 amide bonds. The van der Waals surface area contributed by atoms with Gasteiger partial charge < -0.3 is 15.4 Å². The molecule has 1 rings (SSSR count). The van der Waals surface area contributed by atoms with Gasteiger partial charge in [0.15, 0.2) is 0 Å². The number of hydrogen-bond acceptors (Lipinski definition) is 5. The molecule has 0 aromatic heterocycles. The number of nitrogens with zero attached hydrogens (tertiary/aromatic N) is 1. The van der Waals surface area contributed by atoms with Crippen molar-refractivity contribution in [3.63, 3.8) is 0 Å². The van der Waals surface area contributed by atoms with Crippen LogP contribution in [-0.4, -0.2) is 44.9 Å². The number of ether oxygens (including phenoxy) is 1. The Kier molecular flexibility index (Phi) is 4.27. The van der Waals surface area contributed by atoms with Crippen LogP contribution in [0.15, 0.2) is 5.18 Å².